The summed E-state index contributed by atoms with van der Waals surface area (Å²) in [7, 11) is 0. The van der Waals surface area contributed by atoms with Crippen LogP contribution in [0.4, 0.5) is 0 Å². The van der Waals surface area contributed by atoms with E-state index in [1.165, 1.54) is 11.1 Å². The van der Waals surface area contributed by atoms with Crippen LogP contribution in [-0.2, 0) is 0 Å². The van der Waals surface area contributed by atoms with E-state index in [1.54, 1.807) is 0 Å². The molecular formula is C14H19N3. The molecule has 1 aromatic carbocycles. The standard InChI is InChI=1S/C14H19N3/c1-10-3-5-12(6-4-10)13-7-15-14-16-11(2)8-17(14)9-13/h3-6,11,13H,7-9H2,1-2H3,(H,15,16). The van der Waals surface area contributed by atoms with Crippen LogP contribution in [0.1, 0.15) is 24.0 Å². The SMILES string of the molecule is Cc1ccc(C2CN=C3NC(C)CN3C2)cc1. The molecule has 1 fully saturated rings. The van der Waals surface area contributed by atoms with E-state index >= 15 is 0 Å². The molecular weight excluding hydrogens is 210 g/mol. The minimum absolute atomic E-state index is 0.533. The number of aryl methyl sites for hydroxylation is 1. The summed E-state index contributed by atoms with van der Waals surface area (Å²) in [6.45, 7) is 7.43. The lowest BCUT2D eigenvalue weighted by atomic mass is 9.97. The summed E-state index contributed by atoms with van der Waals surface area (Å²) in [4.78, 5) is 7.03. The monoisotopic (exact) mass is 229 g/mol. The van der Waals surface area contributed by atoms with E-state index in [2.05, 4.69) is 53.3 Å². The fraction of sp³-hybridized carbons (Fsp3) is 0.500. The fourth-order valence-electron chi connectivity index (χ4n) is 2.65. The van der Waals surface area contributed by atoms with E-state index in [0.717, 1.165) is 25.6 Å². The average Bonchev–Trinajstić information content (AvgIpc) is 2.69. The van der Waals surface area contributed by atoms with Gasteiger partial charge in [-0.15, -0.1) is 0 Å². The van der Waals surface area contributed by atoms with Crippen LogP contribution in [-0.4, -0.2) is 36.5 Å². The second-order valence-corrected chi connectivity index (χ2v) is 5.22. The summed E-state index contributed by atoms with van der Waals surface area (Å²) >= 11 is 0. The van der Waals surface area contributed by atoms with E-state index in [9.17, 15) is 0 Å². The molecule has 3 heteroatoms. The van der Waals surface area contributed by atoms with Crippen molar-refractivity contribution < 1.29 is 0 Å². The summed E-state index contributed by atoms with van der Waals surface area (Å²) in [6, 6.07) is 9.41. The normalized spacial score (nSPS) is 27.4. The van der Waals surface area contributed by atoms with Crippen molar-refractivity contribution in [2.45, 2.75) is 25.8 Å². The van der Waals surface area contributed by atoms with Crippen LogP contribution in [0.2, 0.25) is 0 Å². The van der Waals surface area contributed by atoms with Gasteiger partial charge in [-0.2, -0.15) is 0 Å². The Morgan fingerprint density at radius 2 is 2.00 bits per heavy atom. The second-order valence-electron chi connectivity index (χ2n) is 5.22. The van der Waals surface area contributed by atoms with Gasteiger partial charge < -0.3 is 10.2 Å². The minimum atomic E-state index is 0.533. The Hall–Kier alpha value is -1.51. The highest BCUT2D eigenvalue weighted by molar-refractivity contribution is 5.83. The van der Waals surface area contributed by atoms with Crippen LogP contribution in [0, 0.1) is 6.92 Å². The number of rotatable bonds is 1. The van der Waals surface area contributed by atoms with Gasteiger partial charge in [-0.05, 0) is 19.4 Å². The van der Waals surface area contributed by atoms with Gasteiger partial charge in [0.05, 0.1) is 6.54 Å². The third-order valence-corrected chi connectivity index (χ3v) is 3.62. The highest BCUT2D eigenvalue weighted by Crippen LogP contribution is 2.23. The lowest BCUT2D eigenvalue weighted by molar-refractivity contribution is 0.386. The van der Waals surface area contributed by atoms with Crippen molar-refractivity contribution in [3.63, 3.8) is 0 Å². The summed E-state index contributed by atoms with van der Waals surface area (Å²) < 4.78 is 0. The molecule has 0 aliphatic carbocycles. The minimum Gasteiger partial charge on any atom is -0.352 e. The van der Waals surface area contributed by atoms with Crippen molar-refractivity contribution in [3.05, 3.63) is 35.4 Å². The maximum atomic E-state index is 4.65. The van der Waals surface area contributed by atoms with Gasteiger partial charge in [-0.3, -0.25) is 4.99 Å². The van der Waals surface area contributed by atoms with Gasteiger partial charge >= 0.3 is 0 Å². The topological polar surface area (TPSA) is 27.6 Å². The highest BCUT2D eigenvalue weighted by atomic mass is 15.4. The Morgan fingerprint density at radius 1 is 1.24 bits per heavy atom. The molecule has 3 nitrogen and oxygen atoms in total. The van der Waals surface area contributed by atoms with Gasteiger partial charge in [0, 0.05) is 25.0 Å². The molecule has 0 saturated carbocycles. The summed E-state index contributed by atoms with van der Waals surface area (Å²) in [5.74, 6) is 1.65. The first-order valence-electron chi connectivity index (χ1n) is 6.35. The molecule has 0 amide bonds. The molecule has 1 saturated heterocycles. The van der Waals surface area contributed by atoms with Crippen LogP contribution >= 0.6 is 0 Å². The fourth-order valence-corrected chi connectivity index (χ4v) is 2.65. The summed E-state index contributed by atoms with van der Waals surface area (Å²) in [6.07, 6.45) is 0. The highest BCUT2D eigenvalue weighted by Gasteiger charge is 2.30. The molecule has 2 heterocycles. The zero-order chi connectivity index (χ0) is 11.8. The van der Waals surface area contributed by atoms with Gasteiger partial charge in [0.2, 0.25) is 0 Å². The van der Waals surface area contributed by atoms with Gasteiger partial charge in [-0.1, -0.05) is 29.8 Å². The molecule has 17 heavy (non-hydrogen) atoms. The Morgan fingerprint density at radius 3 is 2.76 bits per heavy atom. The van der Waals surface area contributed by atoms with Crippen molar-refractivity contribution in [1.82, 2.24) is 10.2 Å². The van der Waals surface area contributed by atoms with Crippen LogP contribution < -0.4 is 5.32 Å². The van der Waals surface area contributed by atoms with E-state index < -0.39 is 0 Å². The van der Waals surface area contributed by atoms with Crippen molar-refractivity contribution in [2.24, 2.45) is 4.99 Å². The van der Waals surface area contributed by atoms with E-state index in [1.807, 2.05) is 0 Å². The van der Waals surface area contributed by atoms with Crippen LogP contribution in [0.25, 0.3) is 0 Å². The molecule has 3 rings (SSSR count). The smallest absolute Gasteiger partial charge is 0.194 e. The van der Waals surface area contributed by atoms with Crippen LogP contribution in [0.15, 0.2) is 29.3 Å². The van der Waals surface area contributed by atoms with Crippen LogP contribution in [0.5, 0.6) is 0 Å². The molecule has 2 aliphatic heterocycles. The Bertz CT molecular complexity index is 435. The molecule has 2 atom stereocenters. The van der Waals surface area contributed by atoms with Gasteiger partial charge in [-0.25, -0.2) is 0 Å². The van der Waals surface area contributed by atoms with Crippen LogP contribution in [0.3, 0.4) is 0 Å². The molecule has 1 N–H and O–H groups in total. The number of benzene rings is 1. The lowest BCUT2D eigenvalue weighted by Crippen LogP contribution is -2.38. The maximum absolute atomic E-state index is 4.65. The maximum Gasteiger partial charge on any atom is 0.194 e. The number of hydrogen-bond donors (Lipinski definition) is 1. The zero-order valence-corrected chi connectivity index (χ0v) is 10.5. The molecule has 0 spiro atoms. The number of nitrogens with zero attached hydrogens (tertiary/aromatic N) is 2. The van der Waals surface area contributed by atoms with Gasteiger partial charge in [0.15, 0.2) is 5.96 Å². The van der Waals surface area contributed by atoms with Gasteiger partial charge in [0.1, 0.15) is 0 Å². The first-order chi connectivity index (χ1) is 8.22. The quantitative estimate of drug-likeness (QED) is 0.794. The lowest BCUT2D eigenvalue weighted by Gasteiger charge is -2.28. The van der Waals surface area contributed by atoms with Crippen molar-refractivity contribution >= 4 is 5.96 Å². The summed E-state index contributed by atoms with van der Waals surface area (Å²) in [5, 5.41) is 3.41. The largest absolute Gasteiger partial charge is 0.352 e. The third-order valence-electron chi connectivity index (χ3n) is 3.62. The number of nitrogens with one attached hydrogen (secondary N) is 1. The molecule has 0 radical (unpaired) electrons. The Kier molecular flexibility index (Phi) is 2.54. The van der Waals surface area contributed by atoms with Crippen molar-refractivity contribution in [1.29, 1.82) is 0 Å². The molecule has 90 valence electrons. The first-order valence-corrected chi connectivity index (χ1v) is 6.35. The van der Waals surface area contributed by atoms with E-state index in [-0.39, 0.29) is 0 Å². The molecule has 2 aliphatic rings. The molecule has 2 unspecified atom stereocenters. The Labute approximate surface area is 103 Å². The van der Waals surface area contributed by atoms with E-state index in [0.29, 0.717) is 12.0 Å². The first kappa shape index (κ1) is 10.6. The number of aliphatic imine (C=N–C) groups is 1. The van der Waals surface area contributed by atoms with Gasteiger partial charge in [0.25, 0.3) is 0 Å². The van der Waals surface area contributed by atoms with Crippen molar-refractivity contribution in [2.75, 3.05) is 19.6 Å². The molecule has 0 bridgehead atoms. The second kappa shape index (κ2) is 4.06. The summed E-state index contributed by atoms with van der Waals surface area (Å²) in [5.41, 5.74) is 2.74. The number of fused-ring (bicyclic) bond motifs is 1. The molecule has 1 aromatic rings. The van der Waals surface area contributed by atoms with E-state index in [4.69, 9.17) is 0 Å². The molecule has 0 aromatic heterocycles. The van der Waals surface area contributed by atoms with Crippen molar-refractivity contribution in [3.8, 4) is 0 Å². The number of guanidine groups is 1. The average molecular weight is 229 g/mol. The number of hydrogen-bond acceptors (Lipinski definition) is 3. The predicted octanol–water partition coefficient (Wildman–Crippen LogP) is 1.74. The third kappa shape index (κ3) is 2.02. The zero-order valence-electron chi connectivity index (χ0n) is 10.5. The predicted molar refractivity (Wildman–Crippen MR) is 70.4 cm³/mol. The Balaban J connectivity index is 1.78.